The number of imidazole rings is 1. The zero-order valence-electron chi connectivity index (χ0n) is 13.7. The van der Waals surface area contributed by atoms with E-state index in [0.29, 0.717) is 11.3 Å². The van der Waals surface area contributed by atoms with E-state index < -0.39 is 0 Å². The van der Waals surface area contributed by atoms with Crippen molar-refractivity contribution in [3.8, 4) is 17.3 Å². The van der Waals surface area contributed by atoms with Gasteiger partial charge in [0.1, 0.15) is 22.4 Å². The molecule has 0 aliphatic heterocycles. The molecule has 24 heavy (non-hydrogen) atoms. The number of thiophene rings is 1. The molecule has 0 aliphatic carbocycles. The van der Waals surface area contributed by atoms with Crippen molar-refractivity contribution < 1.29 is 9.53 Å². The van der Waals surface area contributed by atoms with Crippen molar-refractivity contribution in [2.45, 2.75) is 13.5 Å². The van der Waals surface area contributed by atoms with Crippen LogP contribution in [0.4, 0.5) is 0 Å². The Morgan fingerprint density at radius 3 is 2.88 bits per heavy atom. The lowest BCUT2D eigenvalue weighted by atomic mass is 10.2. The number of aryl methyl sites for hydroxylation is 2. The number of carbonyl (C=O) groups is 1. The molecule has 1 aromatic carbocycles. The molecule has 4 rings (SSSR count). The van der Waals surface area contributed by atoms with Gasteiger partial charge in [0.25, 0.3) is 0 Å². The molecular weight excluding hydrogens is 322 g/mol. The predicted molar refractivity (Wildman–Crippen MR) is 97.1 cm³/mol. The minimum atomic E-state index is 0.566. The van der Waals surface area contributed by atoms with E-state index in [1.54, 1.807) is 30.6 Å². The van der Waals surface area contributed by atoms with Crippen molar-refractivity contribution in [1.82, 2.24) is 14.1 Å². The van der Waals surface area contributed by atoms with Crippen molar-refractivity contribution in [2.24, 2.45) is 7.05 Å². The fraction of sp³-hybridized carbons (Fsp3) is 0.222. The van der Waals surface area contributed by atoms with Gasteiger partial charge in [0, 0.05) is 24.5 Å². The van der Waals surface area contributed by atoms with E-state index in [2.05, 4.69) is 29.0 Å². The maximum Gasteiger partial charge on any atom is 0.157 e. The summed E-state index contributed by atoms with van der Waals surface area (Å²) in [7, 11) is 3.59. The Labute approximate surface area is 143 Å². The third-order valence-corrected chi connectivity index (χ3v) is 5.31. The van der Waals surface area contributed by atoms with Crippen LogP contribution in [0.25, 0.3) is 32.8 Å². The van der Waals surface area contributed by atoms with Gasteiger partial charge in [-0.05, 0) is 36.6 Å². The Morgan fingerprint density at radius 2 is 2.17 bits per heavy atom. The molecule has 0 amide bonds. The van der Waals surface area contributed by atoms with E-state index in [4.69, 9.17) is 9.72 Å². The molecule has 0 saturated carbocycles. The van der Waals surface area contributed by atoms with Crippen LogP contribution in [0.3, 0.4) is 0 Å². The predicted octanol–water partition coefficient (Wildman–Crippen LogP) is 4.10. The van der Waals surface area contributed by atoms with Crippen molar-refractivity contribution in [3.63, 3.8) is 0 Å². The number of rotatable bonds is 4. The average Bonchev–Trinajstić information content (AvgIpc) is 3.26. The fourth-order valence-electron chi connectivity index (χ4n) is 3.26. The molecule has 3 heterocycles. The van der Waals surface area contributed by atoms with E-state index in [-0.39, 0.29) is 0 Å². The number of benzene rings is 1. The first-order chi connectivity index (χ1) is 11.7. The van der Waals surface area contributed by atoms with Crippen molar-refractivity contribution in [1.29, 1.82) is 0 Å². The molecule has 4 aromatic rings. The maximum atomic E-state index is 11.2. The summed E-state index contributed by atoms with van der Waals surface area (Å²) in [5, 5.41) is 3.33. The highest BCUT2D eigenvalue weighted by Gasteiger charge is 2.19. The summed E-state index contributed by atoms with van der Waals surface area (Å²) >= 11 is 1.74. The van der Waals surface area contributed by atoms with E-state index in [1.165, 1.54) is 10.2 Å². The van der Waals surface area contributed by atoms with Crippen molar-refractivity contribution in [2.75, 3.05) is 7.11 Å². The van der Waals surface area contributed by atoms with E-state index in [9.17, 15) is 4.79 Å². The molecule has 0 atom stereocenters. The van der Waals surface area contributed by atoms with Gasteiger partial charge in [0.2, 0.25) is 0 Å². The normalized spacial score (nSPS) is 11.5. The number of hydrogen-bond donors (Lipinski definition) is 0. The van der Waals surface area contributed by atoms with Gasteiger partial charge in [0.05, 0.1) is 18.3 Å². The smallest absolute Gasteiger partial charge is 0.157 e. The van der Waals surface area contributed by atoms with E-state index >= 15 is 0 Å². The van der Waals surface area contributed by atoms with Gasteiger partial charge in [-0.2, -0.15) is 0 Å². The van der Waals surface area contributed by atoms with Crippen LogP contribution in [0.1, 0.15) is 17.3 Å². The van der Waals surface area contributed by atoms with Crippen LogP contribution < -0.4 is 4.74 Å². The van der Waals surface area contributed by atoms with Crippen molar-refractivity contribution in [3.05, 3.63) is 35.2 Å². The second kappa shape index (κ2) is 5.49. The number of hydrogen-bond acceptors (Lipinski definition) is 4. The topological polar surface area (TPSA) is 49.1 Å². The lowest BCUT2D eigenvalue weighted by molar-refractivity contribution is 0.112. The molecule has 0 saturated heterocycles. The first kappa shape index (κ1) is 15.0. The Balaban J connectivity index is 2.04. The van der Waals surface area contributed by atoms with Gasteiger partial charge >= 0.3 is 0 Å². The van der Waals surface area contributed by atoms with Gasteiger partial charge in [-0.15, -0.1) is 11.3 Å². The lowest BCUT2D eigenvalue weighted by Crippen LogP contribution is -2.01. The number of nitrogens with zero attached hydrogens (tertiary/aromatic N) is 3. The summed E-state index contributed by atoms with van der Waals surface area (Å²) in [4.78, 5) is 17.2. The number of fused-ring (bicyclic) bond motifs is 2. The monoisotopic (exact) mass is 339 g/mol. The summed E-state index contributed by atoms with van der Waals surface area (Å²) in [6, 6.07) is 7.85. The molecule has 0 unspecified atom stereocenters. The SMILES string of the molecule is CCn1c(-c2nc3cc(C=O)cc(OC)c3n2C)cc2ccsc21. The Hall–Kier alpha value is -2.60. The summed E-state index contributed by atoms with van der Waals surface area (Å²) in [6.45, 7) is 3.01. The minimum Gasteiger partial charge on any atom is -0.494 e. The molecule has 3 aromatic heterocycles. The zero-order valence-corrected chi connectivity index (χ0v) is 14.6. The molecule has 6 heteroatoms. The van der Waals surface area contributed by atoms with Gasteiger partial charge in [-0.1, -0.05) is 0 Å². The van der Waals surface area contributed by atoms with Crippen LogP contribution in [0.5, 0.6) is 5.75 Å². The summed E-state index contributed by atoms with van der Waals surface area (Å²) in [5.74, 6) is 1.53. The van der Waals surface area contributed by atoms with Crippen LogP contribution in [-0.2, 0) is 13.6 Å². The number of carbonyl (C=O) groups excluding carboxylic acids is 1. The summed E-state index contributed by atoms with van der Waals surface area (Å²) in [5.41, 5.74) is 3.30. The third kappa shape index (κ3) is 1.99. The number of methoxy groups -OCH3 is 1. The number of aldehydes is 1. The molecule has 122 valence electrons. The quantitative estimate of drug-likeness (QED) is 0.526. The molecular formula is C18H17N3O2S. The average molecular weight is 339 g/mol. The molecule has 0 aliphatic rings. The highest BCUT2D eigenvalue weighted by Crippen LogP contribution is 2.35. The van der Waals surface area contributed by atoms with Gasteiger partial charge in [-0.3, -0.25) is 4.79 Å². The van der Waals surface area contributed by atoms with Crippen LogP contribution in [0, 0.1) is 0 Å². The standard InChI is InChI=1S/C18H17N3O2S/c1-4-21-14(9-12-5-6-24-18(12)21)17-19-13-7-11(10-22)8-15(23-3)16(13)20(17)2/h5-10H,4H2,1-3H3. The summed E-state index contributed by atoms with van der Waals surface area (Å²) in [6.07, 6.45) is 0.820. The second-order valence-corrected chi connectivity index (χ2v) is 6.55. The first-order valence-corrected chi connectivity index (χ1v) is 8.62. The largest absolute Gasteiger partial charge is 0.494 e. The second-order valence-electron chi connectivity index (χ2n) is 5.66. The molecule has 5 nitrogen and oxygen atoms in total. The summed E-state index contributed by atoms with van der Waals surface area (Å²) < 4.78 is 9.78. The van der Waals surface area contributed by atoms with E-state index in [1.807, 2.05) is 11.6 Å². The number of ether oxygens (including phenoxy) is 1. The van der Waals surface area contributed by atoms with Gasteiger partial charge in [0.15, 0.2) is 5.82 Å². The number of aromatic nitrogens is 3. The highest BCUT2D eigenvalue weighted by molar-refractivity contribution is 7.16. The molecule has 0 fully saturated rings. The van der Waals surface area contributed by atoms with Gasteiger partial charge in [-0.25, -0.2) is 4.98 Å². The molecule has 0 spiro atoms. The third-order valence-electron chi connectivity index (χ3n) is 4.36. The fourth-order valence-corrected chi connectivity index (χ4v) is 4.22. The Kier molecular flexibility index (Phi) is 3.42. The first-order valence-electron chi connectivity index (χ1n) is 7.74. The zero-order chi connectivity index (χ0) is 16.8. The lowest BCUT2D eigenvalue weighted by Gasteiger charge is -2.08. The van der Waals surface area contributed by atoms with Crippen molar-refractivity contribution >= 4 is 38.9 Å². The molecule has 0 radical (unpaired) electrons. The minimum absolute atomic E-state index is 0.566. The van der Waals surface area contributed by atoms with Crippen LogP contribution in [0.2, 0.25) is 0 Å². The molecule has 0 N–H and O–H groups in total. The van der Waals surface area contributed by atoms with Gasteiger partial charge < -0.3 is 13.9 Å². The van der Waals surface area contributed by atoms with Crippen LogP contribution in [-0.4, -0.2) is 27.5 Å². The highest BCUT2D eigenvalue weighted by atomic mass is 32.1. The Morgan fingerprint density at radius 1 is 1.33 bits per heavy atom. The maximum absolute atomic E-state index is 11.2. The van der Waals surface area contributed by atoms with E-state index in [0.717, 1.165) is 35.4 Å². The van der Waals surface area contributed by atoms with Crippen LogP contribution >= 0.6 is 11.3 Å². The Bertz CT molecular complexity index is 1070. The molecule has 0 bridgehead atoms. The van der Waals surface area contributed by atoms with Crippen LogP contribution in [0.15, 0.2) is 29.6 Å².